The van der Waals surface area contributed by atoms with E-state index in [-0.39, 0.29) is 23.9 Å². The van der Waals surface area contributed by atoms with Crippen molar-refractivity contribution in [2.75, 3.05) is 5.32 Å². The van der Waals surface area contributed by atoms with Gasteiger partial charge in [0.1, 0.15) is 5.71 Å². The molecule has 0 unspecified atom stereocenters. The molecule has 3 rings (SSSR count). The average molecular weight is 253 g/mol. The van der Waals surface area contributed by atoms with Gasteiger partial charge < -0.3 is 5.32 Å². The van der Waals surface area contributed by atoms with Crippen molar-refractivity contribution in [1.82, 2.24) is 5.43 Å². The Hall–Kier alpha value is -2.69. The second-order valence-electron chi connectivity index (χ2n) is 4.29. The number of nitrogens with zero attached hydrogens (tertiary/aromatic N) is 1. The molecule has 0 saturated heterocycles. The van der Waals surface area contributed by atoms with Gasteiger partial charge in [0.25, 0.3) is 5.91 Å². The van der Waals surface area contributed by atoms with Crippen LogP contribution in [0, 0.1) is 0 Å². The summed E-state index contributed by atoms with van der Waals surface area (Å²) in [6.07, 6.45) is 0.0272. The number of amides is 2. The molecule has 0 aromatic heterocycles. The number of fused-ring (bicyclic) bond motifs is 1. The van der Waals surface area contributed by atoms with Crippen molar-refractivity contribution >= 4 is 34.0 Å². The molecule has 0 atom stereocenters. The zero-order valence-corrected chi connectivity index (χ0v) is 10.0. The van der Waals surface area contributed by atoms with Crippen LogP contribution < -0.4 is 10.7 Å². The Kier molecular flexibility index (Phi) is 2.72. The van der Waals surface area contributed by atoms with Crippen molar-refractivity contribution in [2.24, 2.45) is 5.10 Å². The number of rotatable bonds is 2. The summed E-state index contributed by atoms with van der Waals surface area (Å²) in [7, 11) is 0. The summed E-state index contributed by atoms with van der Waals surface area (Å²) in [5.41, 5.74) is 3.15. The highest BCUT2D eigenvalue weighted by Crippen LogP contribution is 2.19. The molecular weight excluding hydrogens is 242 g/mol. The highest BCUT2D eigenvalue weighted by atomic mass is 16.2. The largest absolute Gasteiger partial charge is 0.321 e. The molecule has 0 bridgehead atoms. The van der Waals surface area contributed by atoms with Crippen molar-refractivity contribution in [3.05, 3.63) is 42.5 Å². The lowest BCUT2D eigenvalue weighted by Gasteiger charge is -2.05. The third kappa shape index (κ3) is 2.30. The molecule has 2 aromatic rings. The lowest BCUT2D eigenvalue weighted by atomic mass is 10.1. The van der Waals surface area contributed by atoms with Crippen molar-refractivity contribution < 1.29 is 9.59 Å². The maximum atomic E-state index is 11.9. The second-order valence-corrected chi connectivity index (χ2v) is 4.29. The van der Waals surface area contributed by atoms with Crippen LogP contribution in [0.25, 0.3) is 10.8 Å². The molecule has 5 heteroatoms. The van der Waals surface area contributed by atoms with E-state index in [1.165, 1.54) is 0 Å². The van der Waals surface area contributed by atoms with E-state index < -0.39 is 0 Å². The molecule has 0 radical (unpaired) electrons. The Morgan fingerprint density at radius 1 is 1.16 bits per heavy atom. The summed E-state index contributed by atoms with van der Waals surface area (Å²) in [4.78, 5) is 22.8. The summed E-state index contributed by atoms with van der Waals surface area (Å²) >= 11 is 0. The van der Waals surface area contributed by atoms with E-state index in [9.17, 15) is 9.59 Å². The van der Waals surface area contributed by atoms with Crippen LogP contribution in [0.3, 0.4) is 0 Å². The van der Waals surface area contributed by atoms with Gasteiger partial charge in [0.15, 0.2) is 0 Å². The van der Waals surface area contributed by atoms with E-state index in [0.717, 1.165) is 10.8 Å². The number of nitrogens with one attached hydrogen (secondary N) is 2. The van der Waals surface area contributed by atoms with Gasteiger partial charge >= 0.3 is 0 Å². The molecule has 0 aliphatic carbocycles. The minimum absolute atomic E-state index is 0.0272. The Morgan fingerprint density at radius 3 is 2.68 bits per heavy atom. The number of carbonyl (C=O) groups excluding carboxylic acids is 2. The molecule has 1 heterocycles. The van der Waals surface area contributed by atoms with E-state index in [0.29, 0.717) is 5.69 Å². The first kappa shape index (κ1) is 11.4. The number of anilines is 1. The van der Waals surface area contributed by atoms with Crippen LogP contribution in [-0.2, 0) is 9.59 Å². The molecule has 0 spiro atoms. The quantitative estimate of drug-likeness (QED) is 0.854. The van der Waals surface area contributed by atoms with Crippen molar-refractivity contribution in [1.29, 1.82) is 0 Å². The van der Waals surface area contributed by atoms with Crippen molar-refractivity contribution in [3.8, 4) is 0 Å². The Morgan fingerprint density at radius 2 is 1.95 bits per heavy atom. The van der Waals surface area contributed by atoms with Crippen LogP contribution in [-0.4, -0.2) is 17.5 Å². The molecular formula is C14H11N3O2. The lowest BCUT2D eigenvalue weighted by molar-refractivity contribution is -0.119. The maximum Gasteiger partial charge on any atom is 0.272 e. The van der Waals surface area contributed by atoms with Gasteiger partial charge in [-0.1, -0.05) is 30.3 Å². The van der Waals surface area contributed by atoms with Crippen LogP contribution in [0.1, 0.15) is 6.42 Å². The SMILES string of the molecule is O=C1CC(C(=O)Nc2ccc3ccccc3c2)=NN1. The molecule has 2 aromatic carbocycles. The van der Waals surface area contributed by atoms with Gasteiger partial charge in [-0.05, 0) is 22.9 Å². The Bertz CT molecular complexity index is 707. The molecule has 94 valence electrons. The molecule has 0 fully saturated rings. The predicted molar refractivity (Wildman–Crippen MR) is 72.8 cm³/mol. The first-order chi connectivity index (χ1) is 9.22. The molecule has 19 heavy (non-hydrogen) atoms. The van der Waals surface area contributed by atoms with Crippen molar-refractivity contribution in [3.63, 3.8) is 0 Å². The molecule has 0 saturated carbocycles. The number of hydrogen-bond donors (Lipinski definition) is 2. The number of hydrogen-bond acceptors (Lipinski definition) is 3. The predicted octanol–water partition coefficient (Wildman–Crippen LogP) is 1.65. The van der Waals surface area contributed by atoms with Gasteiger partial charge in [-0.2, -0.15) is 5.10 Å². The third-order valence-electron chi connectivity index (χ3n) is 2.91. The highest BCUT2D eigenvalue weighted by molar-refractivity contribution is 6.46. The van der Waals surface area contributed by atoms with Crippen LogP contribution >= 0.6 is 0 Å². The number of carbonyl (C=O) groups is 2. The molecule has 1 aliphatic rings. The Labute approximate surface area is 109 Å². The standard InChI is InChI=1S/C14H11N3O2/c18-13-8-12(16-17-13)14(19)15-11-6-5-9-3-1-2-4-10(9)7-11/h1-7H,8H2,(H,15,19)(H,17,18). The fourth-order valence-electron chi connectivity index (χ4n) is 1.96. The van der Waals surface area contributed by atoms with Gasteiger partial charge in [-0.25, -0.2) is 5.43 Å². The minimum atomic E-state index is -0.353. The monoisotopic (exact) mass is 253 g/mol. The fourth-order valence-corrected chi connectivity index (χ4v) is 1.96. The zero-order valence-electron chi connectivity index (χ0n) is 10.0. The van der Waals surface area contributed by atoms with Gasteiger partial charge in [0, 0.05) is 5.69 Å². The lowest BCUT2D eigenvalue weighted by Crippen LogP contribution is -2.22. The van der Waals surface area contributed by atoms with Crippen LogP contribution in [0.15, 0.2) is 47.6 Å². The van der Waals surface area contributed by atoms with E-state index in [1.54, 1.807) is 0 Å². The highest BCUT2D eigenvalue weighted by Gasteiger charge is 2.21. The summed E-state index contributed by atoms with van der Waals surface area (Å²) < 4.78 is 0. The van der Waals surface area contributed by atoms with Crippen molar-refractivity contribution in [2.45, 2.75) is 6.42 Å². The van der Waals surface area contributed by atoms with Crippen LogP contribution in [0.4, 0.5) is 5.69 Å². The van der Waals surface area contributed by atoms with Gasteiger partial charge in [-0.15, -0.1) is 0 Å². The second kappa shape index (κ2) is 4.53. The Balaban J connectivity index is 1.81. The first-order valence-electron chi connectivity index (χ1n) is 5.88. The minimum Gasteiger partial charge on any atom is -0.321 e. The maximum absolute atomic E-state index is 11.9. The summed E-state index contributed by atoms with van der Waals surface area (Å²) in [6, 6.07) is 13.5. The molecule has 5 nitrogen and oxygen atoms in total. The molecule has 2 amide bonds. The van der Waals surface area contributed by atoms with E-state index >= 15 is 0 Å². The molecule has 2 N–H and O–H groups in total. The average Bonchev–Trinajstić information content (AvgIpc) is 2.85. The van der Waals surface area contributed by atoms with E-state index in [4.69, 9.17) is 0 Å². The molecule has 1 aliphatic heterocycles. The third-order valence-corrected chi connectivity index (χ3v) is 2.91. The van der Waals surface area contributed by atoms with E-state index in [2.05, 4.69) is 15.8 Å². The van der Waals surface area contributed by atoms with Crippen LogP contribution in [0.5, 0.6) is 0 Å². The van der Waals surface area contributed by atoms with Crippen LogP contribution in [0.2, 0.25) is 0 Å². The van der Waals surface area contributed by atoms with Gasteiger partial charge in [-0.3, -0.25) is 9.59 Å². The summed E-state index contributed by atoms with van der Waals surface area (Å²) in [5, 5.41) is 8.57. The topological polar surface area (TPSA) is 70.6 Å². The van der Waals surface area contributed by atoms with Gasteiger partial charge in [0.05, 0.1) is 6.42 Å². The zero-order chi connectivity index (χ0) is 13.2. The number of benzene rings is 2. The fraction of sp³-hybridized carbons (Fsp3) is 0.0714. The first-order valence-corrected chi connectivity index (χ1v) is 5.88. The van der Waals surface area contributed by atoms with Gasteiger partial charge in [0.2, 0.25) is 5.91 Å². The summed E-state index contributed by atoms with van der Waals surface area (Å²) in [6.45, 7) is 0. The van der Waals surface area contributed by atoms with E-state index in [1.807, 2.05) is 42.5 Å². The normalized spacial score (nSPS) is 14.1. The summed E-state index contributed by atoms with van der Waals surface area (Å²) in [5.74, 6) is -0.614. The number of hydrazone groups is 1. The smallest absolute Gasteiger partial charge is 0.272 e.